The quantitative estimate of drug-likeness (QED) is 0.886. The van der Waals surface area contributed by atoms with Gasteiger partial charge in [-0.2, -0.15) is 0 Å². The number of nitrogens with one attached hydrogen (secondary N) is 1. The minimum absolute atomic E-state index is 0.126. The summed E-state index contributed by atoms with van der Waals surface area (Å²) in [6.45, 7) is 3.01. The zero-order chi connectivity index (χ0) is 12.3. The van der Waals surface area contributed by atoms with Crippen LogP contribution in [0.3, 0.4) is 0 Å². The average Bonchev–Trinajstić information content (AvgIpc) is 2.87. The Morgan fingerprint density at radius 3 is 3.12 bits per heavy atom. The van der Waals surface area contributed by atoms with E-state index >= 15 is 0 Å². The van der Waals surface area contributed by atoms with Gasteiger partial charge >= 0.3 is 0 Å². The van der Waals surface area contributed by atoms with E-state index in [0.717, 1.165) is 17.9 Å². The number of aromatic amines is 1. The van der Waals surface area contributed by atoms with Crippen LogP contribution in [-0.2, 0) is 16.1 Å². The molecule has 0 saturated carbocycles. The van der Waals surface area contributed by atoms with E-state index in [1.54, 1.807) is 6.92 Å². The van der Waals surface area contributed by atoms with Gasteiger partial charge in [0, 0.05) is 44.6 Å². The molecule has 1 saturated heterocycles. The molecule has 92 valence electrons. The minimum atomic E-state index is 0.126. The van der Waals surface area contributed by atoms with Gasteiger partial charge in [0.05, 0.1) is 0 Å². The lowest BCUT2D eigenvalue weighted by atomic mass is 10.1. The molecular weight excluding hydrogens is 236 g/mol. The van der Waals surface area contributed by atoms with Crippen LogP contribution < -0.4 is 0 Å². The number of thioether (sulfide) groups is 1. The summed E-state index contributed by atoms with van der Waals surface area (Å²) < 4.78 is 0. The molecule has 1 fully saturated rings. The lowest BCUT2D eigenvalue weighted by Crippen LogP contribution is -2.24. The first-order valence-electron chi connectivity index (χ1n) is 5.68. The molecule has 1 aromatic rings. The van der Waals surface area contributed by atoms with E-state index in [1.807, 2.05) is 23.4 Å². The van der Waals surface area contributed by atoms with Gasteiger partial charge in [0.15, 0.2) is 5.12 Å². The van der Waals surface area contributed by atoms with E-state index < -0.39 is 0 Å². The second kappa shape index (κ2) is 5.40. The highest BCUT2D eigenvalue weighted by Crippen LogP contribution is 2.23. The van der Waals surface area contributed by atoms with E-state index in [-0.39, 0.29) is 11.0 Å². The Morgan fingerprint density at radius 1 is 1.65 bits per heavy atom. The van der Waals surface area contributed by atoms with Gasteiger partial charge in [-0.15, -0.1) is 0 Å². The van der Waals surface area contributed by atoms with Gasteiger partial charge in [-0.05, 0) is 17.5 Å². The summed E-state index contributed by atoms with van der Waals surface area (Å²) in [7, 11) is 0. The molecule has 17 heavy (non-hydrogen) atoms. The highest BCUT2D eigenvalue weighted by atomic mass is 32.2. The first kappa shape index (κ1) is 12.2. The molecule has 0 radical (unpaired) electrons. The molecule has 1 unspecified atom stereocenters. The molecule has 2 rings (SSSR count). The number of carbonyl (C=O) groups is 2. The number of H-pyrrole nitrogens is 1. The van der Waals surface area contributed by atoms with Crippen LogP contribution in [0.15, 0.2) is 18.5 Å². The van der Waals surface area contributed by atoms with Crippen molar-refractivity contribution in [1.82, 2.24) is 9.88 Å². The number of rotatable bonds is 4. The second-order valence-corrected chi connectivity index (χ2v) is 5.56. The van der Waals surface area contributed by atoms with Crippen molar-refractivity contribution in [2.24, 2.45) is 5.92 Å². The zero-order valence-corrected chi connectivity index (χ0v) is 10.6. The van der Waals surface area contributed by atoms with Gasteiger partial charge < -0.3 is 9.88 Å². The number of nitrogens with zero attached hydrogens (tertiary/aromatic N) is 1. The topological polar surface area (TPSA) is 53.2 Å². The Hall–Kier alpha value is -1.23. The Kier molecular flexibility index (Phi) is 3.89. The van der Waals surface area contributed by atoms with Gasteiger partial charge in [-0.3, -0.25) is 9.59 Å². The number of carbonyl (C=O) groups excluding carboxylic acids is 2. The lowest BCUT2D eigenvalue weighted by molar-refractivity contribution is -0.128. The monoisotopic (exact) mass is 252 g/mol. The first-order chi connectivity index (χ1) is 8.15. The molecule has 0 spiro atoms. The molecule has 1 aliphatic heterocycles. The summed E-state index contributed by atoms with van der Waals surface area (Å²) in [4.78, 5) is 27.5. The van der Waals surface area contributed by atoms with Crippen LogP contribution in [0.25, 0.3) is 0 Å². The third kappa shape index (κ3) is 3.36. The summed E-state index contributed by atoms with van der Waals surface area (Å²) >= 11 is 1.32. The van der Waals surface area contributed by atoms with Crippen LogP contribution in [0, 0.1) is 5.92 Å². The lowest BCUT2D eigenvalue weighted by Gasteiger charge is -2.15. The summed E-state index contributed by atoms with van der Waals surface area (Å²) in [6, 6.07) is 1.98. The molecule has 1 amide bonds. The van der Waals surface area contributed by atoms with Gasteiger partial charge in [0.2, 0.25) is 5.91 Å². The first-order valence-corrected chi connectivity index (χ1v) is 6.66. The van der Waals surface area contributed by atoms with Crippen molar-refractivity contribution in [3.8, 4) is 0 Å². The van der Waals surface area contributed by atoms with Crippen molar-refractivity contribution in [1.29, 1.82) is 0 Å². The fourth-order valence-electron chi connectivity index (χ4n) is 2.03. The van der Waals surface area contributed by atoms with E-state index in [0.29, 0.717) is 18.9 Å². The van der Waals surface area contributed by atoms with E-state index in [9.17, 15) is 9.59 Å². The Bertz CT molecular complexity index is 403. The molecule has 2 heterocycles. The van der Waals surface area contributed by atoms with Crippen molar-refractivity contribution in [2.45, 2.75) is 19.9 Å². The number of likely N-dealkylation sites (tertiary alicyclic amines) is 1. The average molecular weight is 252 g/mol. The highest BCUT2D eigenvalue weighted by Gasteiger charge is 2.29. The second-order valence-electron chi connectivity index (χ2n) is 4.37. The number of hydrogen-bond acceptors (Lipinski definition) is 3. The number of amides is 1. The van der Waals surface area contributed by atoms with Gasteiger partial charge in [0.25, 0.3) is 0 Å². The van der Waals surface area contributed by atoms with Crippen LogP contribution >= 0.6 is 11.8 Å². The molecule has 1 atom stereocenters. The van der Waals surface area contributed by atoms with Crippen molar-refractivity contribution < 1.29 is 9.59 Å². The van der Waals surface area contributed by atoms with Crippen LogP contribution in [0.2, 0.25) is 0 Å². The van der Waals surface area contributed by atoms with Crippen molar-refractivity contribution in [2.75, 3.05) is 12.3 Å². The summed E-state index contributed by atoms with van der Waals surface area (Å²) in [5, 5.41) is 0.126. The predicted octanol–water partition coefficient (Wildman–Crippen LogP) is 1.64. The summed E-state index contributed by atoms with van der Waals surface area (Å²) in [5.74, 6) is 1.26. The third-order valence-electron chi connectivity index (χ3n) is 2.85. The maximum absolute atomic E-state index is 11.8. The van der Waals surface area contributed by atoms with Crippen molar-refractivity contribution in [3.05, 3.63) is 24.0 Å². The van der Waals surface area contributed by atoms with Crippen LogP contribution in [0.1, 0.15) is 18.9 Å². The van der Waals surface area contributed by atoms with E-state index in [1.165, 1.54) is 11.8 Å². The SMILES string of the molecule is CC(=O)SCC1CC(=O)N(Cc2cc[nH]c2)C1. The van der Waals surface area contributed by atoms with Crippen LogP contribution in [-0.4, -0.2) is 33.2 Å². The largest absolute Gasteiger partial charge is 0.367 e. The maximum atomic E-state index is 11.8. The van der Waals surface area contributed by atoms with E-state index in [2.05, 4.69) is 4.98 Å². The molecule has 1 aliphatic rings. The van der Waals surface area contributed by atoms with Crippen molar-refractivity contribution >= 4 is 22.8 Å². The van der Waals surface area contributed by atoms with Gasteiger partial charge in [0.1, 0.15) is 0 Å². The molecule has 0 bridgehead atoms. The number of aromatic nitrogens is 1. The van der Waals surface area contributed by atoms with Crippen LogP contribution in [0.5, 0.6) is 0 Å². The molecule has 1 aromatic heterocycles. The third-order valence-corrected chi connectivity index (χ3v) is 3.90. The Labute approximate surface area is 105 Å². The van der Waals surface area contributed by atoms with Crippen molar-refractivity contribution in [3.63, 3.8) is 0 Å². The van der Waals surface area contributed by atoms with E-state index in [4.69, 9.17) is 0 Å². The number of hydrogen-bond donors (Lipinski definition) is 1. The Balaban J connectivity index is 1.85. The summed E-state index contributed by atoms with van der Waals surface area (Å²) in [6.07, 6.45) is 4.34. The molecule has 0 aromatic carbocycles. The smallest absolute Gasteiger partial charge is 0.223 e. The molecule has 4 nitrogen and oxygen atoms in total. The predicted molar refractivity (Wildman–Crippen MR) is 67.5 cm³/mol. The fraction of sp³-hybridized carbons (Fsp3) is 0.500. The summed E-state index contributed by atoms with van der Waals surface area (Å²) in [5.41, 5.74) is 1.12. The van der Waals surface area contributed by atoms with Gasteiger partial charge in [-0.1, -0.05) is 11.8 Å². The fourth-order valence-corrected chi connectivity index (χ4v) is 2.72. The molecule has 5 heteroatoms. The van der Waals surface area contributed by atoms with Gasteiger partial charge in [-0.25, -0.2) is 0 Å². The molecule has 0 aliphatic carbocycles. The van der Waals surface area contributed by atoms with Crippen LogP contribution in [0.4, 0.5) is 0 Å². The molecular formula is C12H16N2O2S. The minimum Gasteiger partial charge on any atom is -0.367 e. The highest BCUT2D eigenvalue weighted by molar-refractivity contribution is 8.13. The zero-order valence-electron chi connectivity index (χ0n) is 9.81. The Morgan fingerprint density at radius 2 is 2.47 bits per heavy atom. The molecule has 1 N–H and O–H groups in total. The standard InChI is InChI=1S/C12H16N2O2S/c1-9(15)17-8-11-4-12(16)14(7-11)6-10-2-3-13-5-10/h2-3,5,11,13H,4,6-8H2,1H3. The normalized spacial score (nSPS) is 19.9. The maximum Gasteiger partial charge on any atom is 0.223 e.